The fourth-order valence-corrected chi connectivity index (χ4v) is 3.11. The average Bonchev–Trinajstić information content (AvgIpc) is 2.79. The maximum Gasteiger partial charge on any atom is 0.0303 e. The van der Waals surface area contributed by atoms with E-state index < -0.39 is 0 Å². The van der Waals surface area contributed by atoms with Gasteiger partial charge in [0, 0.05) is 18.6 Å². The first-order valence-electron chi connectivity index (χ1n) is 7.61. The lowest BCUT2D eigenvalue weighted by atomic mass is 9.92. The average molecular weight is 240 g/mol. The standard InChI is InChI=1S/C15H32N2/c1-4-6-7-10-15(3,13-16)17-11-9-14(12-17)8-5-2/h14H,4-13,16H2,1-3H3. The van der Waals surface area contributed by atoms with Crippen molar-refractivity contribution in [2.45, 2.75) is 71.3 Å². The van der Waals surface area contributed by atoms with E-state index in [4.69, 9.17) is 5.73 Å². The van der Waals surface area contributed by atoms with Crippen molar-refractivity contribution in [1.29, 1.82) is 0 Å². The molecule has 0 aliphatic carbocycles. The van der Waals surface area contributed by atoms with Crippen molar-refractivity contribution in [2.75, 3.05) is 19.6 Å². The highest BCUT2D eigenvalue weighted by Gasteiger charge is 2.34. The SMILES string of the molecule is CCCCCC(C)(CN)N1CCC(CCC)C1. The summed E-state index contributed by atoms with van der Waals surface area (Å²) in [6.07, 6.45) is 9.37. The van der Waals surface area contributed by atoms with Crippen molar-refractivity contribution >= 4 is 0 Å². The van der Waals surface area contributed by atoms with Crippen LogP contribution in [0.15, 0.2) is 0 Å². The highest BCUT2D eigenvalue weighted by molar-refractivity contribution is 4.91. The summed E-state index contributed by atoms with van der Waals surface area (Å²) in [4.78, 5) is 2.67. The molecule has 17 heavy (non-hydrogen) atoms. The molecule has 1 heterocycles. The van der Waals surface area contributed by atoms with Gasteiger partial charge in [0.15, 0.2) is 0 Å². The Morgan fingerprint density at radius 3 is 2.59 bits per heavy atom. The second kappa shape index (κ2) is 7.38. The van der Waals surface area contributed by atoms with Gasteiger partial charge in [0.25, 0.3) is 0 Å². The van der Waals surface area contributed by atoms with Crippen LogP contribution in [0.1, 0.15) is 65.7 Å². The number of nitrogens with two attached hydrogens (primary N) is 1. The third-order valence-corrected chi connectivity index (χ3v) is 4.50. The number of likely N-dealkylation sites (tertiary alicyclic amines) is 1. The van der Waals surface area contributed by atoms with E-state index in [9.17, 15) is 0 Å². The van der Waals surface area contributed by atoms with Crippen molar-refractivity contribution in [3.63, 3.8) is 0 Å². The highest BCUT2D eigenvalue weighted by atomic mass is 15.2. The summed E-state index contributed by atoms with van der Waals surface area (Å²) in [7, 11) is 0. The van der Waals surface area contributed by atoms with E-state index in [1.54, 1.807) is 0 Å². The Kier molecular flexibility index (Phi) is 6.50. The number of hydrogen-bond donors (Lipinski definition) is 1. The second-order valence-electron chi connectivity index (χ2n) is 6.05. The third kappa shape index (κ3) is 4.26. The molecule has 0 aromatic carbocycles. The van der Waals surface area contributed by atoms with Gasteiger partial charge in [-0.3, -0.25) is 4.90 Å². The van der Waals surface area contributed by atoms with Gasteiger partial charge < -0.3 is 5.73 Å². The van der Waals surface area contributed by atoms with Crippen LogP contribution in [0.25, 0.3) is 0 Å². The van der Waals surface area contributed by atoms with Crippen molar-refractivity contribution in [3.05, 3.63) is 0 Å². The topological polar surface area (TPSA) is 29.3 Å². The molecule has 1 aliphatic rings. The van der Waals surface area contributed by atoms with Crippen molar-refractivity contribution in [3.8, 4) is 0 Å². The van der Waals surface area contributed by atoms with Crippen LogP contribution < -0.4 is 5.73 Å². The molecular weight excluding hydrogens is 208 g/mol. The fraction of sp³-hybridized carbons (Fsp3) is 1.00. The molecular formula is C15H32N2. The second-order valence-corrected chi connectivity index (χ2v) is 6.05. The Morgan fingerprint density at radius 1 is 1.24 bits per heavy atom. The van der Waals surface area contributed by atoms with E-state index in [0.717, 1.165) is 12.5 Å². The molecule has 0 aromatic heterocycles. The van der Waals surface area contributed by atoms with E-state index in [1.807, 2.05) is 0 Å². The smallest absolute Gasteiger partial charge is 0.0303 e. The van der Waals surface area contributed by atoms with Gasteiger partial charge in [-0.15, -0.1) is 0 Å². The largest absolute Gasteiger partial charge is 0.329 e. The monoisotopic (exact) mass is 240 g/mol. The molecule has 1 aliphatic heterocycles. The minimum atomic E-state index is 0.262. The number of unbranched alkanes of at least 4 members (excludes halogenated alkanes) is 2. The maximum atomic E-state index is 6.05. The molecule has 2 unspecified atom stereocenters. The van der Waals surface area contributed by atoms with Crippen molar-refractivity contribution in [1.82, 2.24) is 4.90 Å². The zero-order chi connectivity index (χ0) is 12.7. The Hall–Kier alpha value is -0.0800. The molecule has 2 nitrogen and oxygen atoms in total. The summed E-state index contributed by atoms with van der Waals surface area (Å²) in [6.45, 7) is 10.3. The Labute approximate surface area is 108 Å². The number of hydrogen-bond acceptors (Lipinski definition) is 2. The summed E-state index contributed by atoms with van der Waals surface area (Å²) in [5.74, 6) is 0.928. The summed E-state index contributed by atoms with van der Waals surface area (Å²) < 4.78 is 0. The predicted molar refractivity (Wildman–Crippen MR) is 76.2 cm³/mol. The summed E-state index contributed by atoms with van der Waals surface area (Å²) in [5, 5.41) is 0. The van der Waals surface area contributed by atoms with Gasteiger partial charge in [-0.2, -0.15) is 0 Å². The molecule has 0 spiro atoms. The van der Waals surface area contributed by atoms with Gasteiger partial charge in [-0.1, -0.05) is 39.5 Å². The molecule has 0 bridgehead atoms. The molecule has 0 aromatic rings. The van der Waals surface area contributed by atoms with Crippen LogP contribution in [0, 0.1) is 5.92 Å². The molecule has 2 atom stereocenters. The van der Waals surface area contributed by atoms with Gasteiger partial charge in [0.2, 0.25) is 0 Å². The van der Waals surface area contributed by atoms with Crippen LogP contribution >= 0.6 is 0 Å². The molecule has 1 fully saturated rings. The highest BCUT2D eigenvalue weighted by Crippen LogP contribution is 2.30. The van der Waals surface area contributed by atoms with Crippen molar-refractivity contribution in [2.24, 2.45) is 11.7 Å². The summed E-state index contributed by atoms with van der Waals surface area (Å²) >= 11 is 0. The lowest BCUT2D eigenvalue weighted by molar-refractivity contribution is 0.123. The lowest BCUT2D eigenvalue weighted by Gasteiger charge is -2.38. The van der Waals surface area contributed by atoms with E-state index in [0.29, 0.717) is 0 Å². The summed E-state index contributed by atoms with van der Waals surface area (Å²) in [5.41, 5.74) is 6.31. The Morgan fingerprint density at radius 2 is 2.00 bits per heavy atom. The lowest BCUT2D eigenvalue weighted by Crippen LogP contribution is -2.50. The molecule has 0 radical (unpaired) electrons. The molecule has 102 valence electrons. The minimum absolute atomic E-state index is 0.262. The zero-order valence-corrected chi connectivity index (χ0v) is 12.2. The molecule has 2 N–H and O–H groups in total. The first kappa shape index (κ1) is 15.0. The van der Waals surface area contributed by atoms with Gasteiger partial charge in [-0.05, 0) is 38.6 Å². The van der Waals surface area contributed by atoms with Gasteiger partial charge in [-0.25, -0.2) is 0 Å². The van der Waals surface area contributed by atoms with Crippen LogP contribution in [0.3, 0.4) is 0 Å². The first-order valence-corrected chi connectivity index (χ1v) is 7.61. The first-order chi connectivity index (χ1) is 8.16. The zero-order valence-electron chi connectivity index (χ0n) is 12.2. The molecule has 2 heteroatoms. The molecule has 0 saturated carbocycles. The van der Waals surface area contributed by atoms with E-state index in [-0.39, 0.29) is 5.54 Å². The van der Waals surface area contributed by atoms with E-state index in [1.165, 1.54) is 58.0 Å². The van der Waals surface area contributed by atoms with Crippen LogP contribution in [-0.4, -0.2) is 30.1 Å². The van der Waals surface area contributed by atoms with E-state index in [2.05, 4.69) is 25.7 Å². The van der Waals surface area contributed by atoms with Crippen LogP contribution in [0.2, 0.25) is 0 Å². The molecule has 1 saturated heterocycles. The fourth-order valence-electron chi connectivity index (χ4n) is 3.11. The number of nitrogens with zero attached hydrogens (tertiary/aromatic N) is 1. The van der Waals surface area contributed by atoms with Crippen LogP contribution in [-0.2, 0) is 0 Å². The Bertz CT molecular complexity index is 205. The normalized spacial score (nSPS) is 25.1. The quantitative estimate of drug-likeness (QED) is 0.659. The minimum Gasteiger partial charge on any atom is -0.329 e. The molecule has 1 rings (SSSR count). The van der Waals surface area contributed by atoms with Gasteiger partial charge >= 0.3 is 0 Å². The van der Waals surface area contributed by atoms with Crippen LogP contribution in [0.5, 0.6) is 0 Å². The van der Waals surface area contributed by atoms with Gasteiger partial charge in [0.1, 0.15) is 0 Å². The van der Waals surface area contributed by atoms with E-state index >= 15 is 0 Å². The maximum absolute atomic E-state index is 6.05. The van der Waals surface area contributed by atoms with Gasteiger partial charge in [0.05, 0.1) is 0 Å². The number of rotatable bonds is 8. The molecule has 0 amide bonds. The summed E-state index contributed by atoms with van der Waals surface area (Å²) in [6, 6.07) is 0. The third-order valence-electron chi connectivity index (χ3n) is 4.50. The van der Waals surface area contributed by atoms with Crippen molar-refractivity contribution < 1.29 is 0 Å². The Balaban J connectivity index is 2.43. The predicted octanol–water partition coefficient (Wildman–Crippen LogP) is 3.41. The van der Waals surface area contributed by atoms with Crippen LogP contribution in [0.4, 0.5) is 0 Å².